The first-order chi connectivity index (χ1) is 7.83. The van der Waals surface area contributed by atoms with E-state index in [2.05, 4.69) is 0 Å². The van der Waals surface area contributed by atoms with Crippen LogP contribution in [0.3, 0.4) is 0 Å². The minimum atomic E-state index is 0.152. The second kappa shape index (κ2) is 5.18. The molecule has 1 saturated heterocycles. The van der Waals surface area contributed by atoms with Crippen LogP contribution in [-0.2, 0) is 11.3 Å². The van der Waals surface area contributed by atoms with Gasteiger partial charge in [0.2, 0.25) is 0 Å². The number of benzene rings is 1. The summed E-state index contributed by atoms with van der Waals surface area (Å²) in [5, 5.41) is 0. The first-order valence-corrected chi connectivity index (χ1v) is 5.45. The van der Waals surface area contributed by atoms with Gasteiger partial charge >= 0.3 is 0 Å². The molecule has 0 radical (unpaired) electrons. The zero-order chi connectivity index (χ0) is 11.4. The van der Waals surface area contributed by atoms with Gasteiger partial charge < -0.3 is 19.9 Å². The third kappa shape index (κ3) is 2.46. The van der Waals surface area contributed by atoms with Crippen LogP contribution in [0.4, 0.5) is 0 Å². The lowest BCUT2D eigenvalue weighted by atomic mass is 10.2. The summed E-state index contributed by atoms with van der Waals surface area (Å²) in [6.45, 7) is 1.88. The zero-order valence-electron chi connectivity index (χ0n) is 9.44. The molecule has 1 aliphatic heterocycles. The Kier molecular flexibility index (Phi) is 3.64. The van der Waals surface area contributed by atoms with Crippen molar-refractivity contribution >= 4 is 0 Å². The van der Waals surface area contributed by atoms with Crippen LogP contribution in [0.1, 0.15) is 12.0 Å². The molecule has 0 aromatic heterocycles. The van der Waals surface area contributed by atoms with E-state index in [1.807, 2.05) is 18.2 Å². The van der Waals surface area contributed by atoms with Crippen LogP contribution in [0.25, 0.3) is 0 Å². The van der Waals surface area contributed by atoms with Crippen molar-refractivity contribution in [3.05, 3.63) is 23.8 Å². The standard InChI is InChI=1S/C12H17NO3/c1-14-10-2-3-12(9(6-10)7-13)16-11-4-5-15-8-11/h2-3,6,11H,4-5,7-8,13H2,1H3. The number of hydrogen-bond acceptors (Lipinski definition) is 4. The summed E-state index contributed by atoms with van der Waals surface area (Å²) >= 11 is 0. The molecule has 1 aromatic rings. The van der Waals surface area contributed by atoms with E-state index in [1.165, 1.54) is 0 Å². The average Bonchev–Trinajstić information content (AvgIpc) is 2.82. The van der Waals surface area contributed by atoms with Crippen molar-refractivity contribution < 1.29 is 14.2 Å². The van der Waals surface area contributed by atoms with E-state index >= 15 is 0 Å². The Morgan fingerprint density at radius 1 is 1.50 bits per heavy atom. The van der Waals surface area contributed by atoms with Crippen molar-refractivity contribution in [1.29, 1.82) is 0 Å². The second-order valence-corrected chi connectivity index (χ2v) is 3.78. The highest BCUT2D eigenvalue weighted by Crippen LogP contribution is 2.26. The van der Waals surface area contributed by atoms with Gasteiger partial charge in [-0.15, -0.1) is 0 Å². The summed E-state index contributed by atoms with van der Waals surface area (Å²) in [7, 11) is 1.64. The topological polar surface area (TPSA) is 53.7 Å². The van der Waals surface area contributed by atoms with Crippen LogP contribution in [0.5, 0.6) is 11.5 Å². The first kappa shape index (κ1) is 11.2. The number of ether oxygens (including phenoxy) is 3. The Morgan fingerprint density at radius 3 is 3.00 bits per heavy atom. The predicted molar refractivity (Wildman–Crippen MR) is 60.7 cm³/mol. The molecule has 2 rings (SSSR count). The Bertz CT molecular complexity index is 348. The van der Waals surface area contributed by atoms with Crippen LogP contribution >= 0.6 is 0 Å². The fourth-order valence-corrected chi connectivity index (χ4v) is 1.74. The van der Waals surface area contributed by atoms with Gasteiger partial charge in [0, 0.05) is 18.5 Å². The van der Waals surface area contributed by atoms with Crippen molar-refractivity contribution in [3.8, 4) is 11.5 Å². The molecule has 1 atom stereocenters. The smallest absolute Gasteiger partial charge is 0.124 e. The van der Waals surface area contributed by atoms with Crippen LogP contribution < -0.4 is 15.2 Å². The minimum Gasteiger partial charge on any atom is -0.497 e. The molecule has 1 fully saturated rings. The molecule has 2 N–H and O–H groups in total. The van der Waals surface area contributed by atoms with E-state index < -0.39 is 0 Å². The summed E-state index contributed by atoms with van der Waals surface area (Å²) in [4.78, 5) is 0. The van der Waals surface area contributed by atoms with Gasteiger partial charge in [-0.3, -0.25) is 0 Å². The molecule has 1 aliphatic rings. The van der Waals surface area contributed by atoms with Gasteiger partial charge in [0.1, 0.15) is 17.6 Å². The third-order valence-corrected chi connectivity index (χ3v) is 2.67. The molecule has 0 bridgehead atoms. The van der Waals surface area contributed by atoms with Crippen LogP contribution in [0, 0.1) is 0 Å². The fraction of sp³-hybridized carbons (Fsp3) is 0.500. The maximum absolute atomic E-state index is 5.84. The lowest BCUT2D eigenvalue weighted by Gasteiger charge is -2.15. The summed E-state index contributed by atoms with van der Waals surface area (Å²) in [5.41, 5.74) is 6.65. The minimum absolute atomic E-state index is 0.152. The molecular weight excluding hydrogens is 206 g/mol. The van der Waals surface area contributed by atoms with E-state index in [4.69, 9.17) is 19.9 Å². The number of rotatable bonds is 4. The van der Waals surface area contributed by atoms with Gasteiger partial charge in [-0.25, -0.2) is 0 Å². The van der Waals surface area contributed by atoms with E-state index in [0.29, 0.717) is 13.2 Å². The quantitative estimate of drug-likeness (QED) is 0.836. The number of hydrogen-bond donors (Lipinski definition) is 1. The number of nitrogens with two attached hydrogens (primary N) is 1. The summed E-state index contributed by atoms with van der Waals surface area (Å²) in [6.07, 6.45) is 1.09. The molecule has 1 aromatic carbocycles. The maximum Gasteiger partial charge on any atom is 0.124 e. The lowest BCUT2D eigenvalue weighted by Crippen LogP contribution is -2.17. The highest BCUT2D eigenvalue weighted by Gasteiger charge is 2.18. The molecular formula is C12H17NO3. The molecule has 1 unspecified atom stereocenters. The van der Waals surface area contributed by atoms with Gasteiger partial charge in [-0.1, -0.05) is 0 Å². The molecule has 0 aliphatic carbocycles. The zero-order valence-corrected chi connectivity index (χ0v) is 9.44. The Balaban J connectivity index is 2.12. The monoisotopic (exact) mass is 223 g/mol. The molecule has 4 heteroatoms. The average molecular weight is 223 g/mol. The Morgan fingerprint density at radius 2 is 2.38 bits per heavy atom. The van der Waals surface area contributed by atoms with Gasteiger partial charge in [-0.2, -0.15) is 0 Å². The molecule has 1 heterocycles. The number of methoxy groups -OCH3 is 1. The summed E-state index contributed by atoms with van der Waals surface area (Å²) in [5.74, 6) is 1.63. The van der Waals surface area contributed by atoms with Crippen LogP contribution in [0.2, 0.25) is 0 Å². The Labute approximate surface area is 95.3 Å². The van der Waals surface area contributed by atoms with Crippen molar-refractivity contribution in [2.45, 2.75) is 19.1 Å². The molecule has 0 spiro atoms. The lowest BCUT2D eigenvalue weighted by molar-refractivity contribution is 0.140. The molecule has 4 nitrogen and oxygen atoms in total. The van der Waals surface area contributed by atoms with Crippen molar-refractivity contribution in [2.75, 3.05) is 20.3 Å². The second-order valence-electron chi connectivity index (χ2n) is 3.78. The third-order valence-electron chi connectivity index (χ3n) is 2.67. The fourth-order valence-electron chi connectivity index (χ4n) is 1.74. The maximum atomic E-state index is 5.84. The first-order valence-electron chi connectivity index (χ1n) is 5.45. The molecule has 0 saturated carbocycles. The van der Waals surface area contributed by atoms with E-state index in [9.17, 15) is 0 Å². The highest BCUT2D eigenvalue weighted by molar-refractivity contribution is 5.40. The van der Waals surface area contributed by atoms with Crippen molar-refractivity contribution in [1.82, 2.24) is 0 Å². The van der Waals surface area contributed by atoms with Crippen molar-refractivity contribution in [2.24, 2.45) is 5.73 Å². The van der Waals surface area contributed by atoms with E-state index in [-0.39, 0.29) is 6.10 Å². The van der Waals surface area contributed by atoms with Gasteiger partial charge in [0.05, 0.1) is 20.3 Å². The highest BCUT2D eigenvalue weighted by atomic mass is 16.5. The van der Waals surface area contributed by atoms with Gasteiger partial charge in [0.15, 0.2) is 0 Å². The normalized spacial score (nSPS) is 19.8. The molecule has 0 amide bonds. The van der Waals surface area contributed by atoms with E-state index in [1.54, 1.807) is 7.11 Å². The molecule has 16 heavy (non-hydrogen) atoms. The van der Waals surface area contributed by atoms with Crippen LogP contribution in [-0.4, -0.2) is 26.4 Å². The van der Waals surface area contributed by atoms with Gasteiger partial charge in [-0.05, 0) is 18.2 Å². The Hall–Kier alpha value is -1.26. The summed E-state index contributed by atoms with van der Waals surface area (Å²) < 4.78 is 16.2. The van der Waals surface area contributed by atoms with E-state index in [0.717, 1.165) is 30.1 Å². The SMILES string of the molecule is COc1ccc(OC2CCOC2)c(CN)c1. The predicted octanol–water partition coefficient (Wildman–Crippen LogP) is 1.32. The largest absolute Gasteiger partial charge is 0.497 e. The summed E-state index contributed by atoms with van der Waals surface area (Å²) in [6, 6.07) is 5.69. The van der Waals surface area contributed by atoms with Gasteiger partial charge in [0.25, 0.3) is 0 Å². The molecule has 88 valence electrons. The van der Waals surface area contributed by atoms with Crippen molar-refractivity contribution in [3.63, 3.8) is 0 Å². The van der Waals surface area contributed by atoms with Crippen LogP contribution in [0.15, 0.2) is 18.2 Å².